The van der Waals surface area contributed by atoms with E-state index in [1.807, 2.05) is 30.3 Å². The van der Waals surface area contributed by atoms with E-state index in [0.717, 1.165) is 17.6 Å². The van der Waals surface area contributed by atoms with Gasteiger partial charge in [-0.25, -0.2) is 9.59 Å². The highest BCUT2D eigenvalue weighted by atomic mass is 16.6. The Bertz CT molecular complexity index is 581. The number of benzene rings is 1. The van der Waals surface area contributed by atoms with Gasteiger partial charge in [-0.2, -0.15) is 0 Å². The number of hydrogen-bond acceptors (Lipinski definition) is 3. The molecule has 1 amide bonds. The molecule has 1 saturated heterocycles. The summed E-state index contributed by atoms with van der Waals surface area (Å²) in [4.78, 5) is 24.5. The minimum absolute atomic E-state index is 0.110. The number of aliphatic carboxylic acids is 1. The minimum Gasteiger partial charge on any atom is -0.478 e. The van der Waals surface area contributed by atoms with Crippen molar-refractivity contribution in [1.29, 1.82) is 0 Å². The molecule has 5 heteroatoms. The molecular formula is C16H17NO4. The lowest BCUT2D eigenvalue weighted by molar-refractivity contribution is -0.131. The van der Waals surface area contributed by atoms with E-state index in [2.05, 4.69) is 0 Å². The van der Waals surface area contributed by atoms with Gasteiger partial charge in [0.25, 0.3) is 0 Å². The highest BCUT2D eigenvalue weighted by Crippen LogP contribution is 2.45. The summed E-state index contributed by atoms with van der Waals surface area (Å²) in [5, 5.41) is 8.77. The number of fused-ring (bicyclic) bond motifs is 1. The first kappa shape index (κ1) is 13.7. The van der Waals surface area contributed by atoms with E-state index in [1.54, 1.807) is 4.90 Å². The topological polar surface area (TPSA) is 66.8 Å². The van der Waals surface area contributed by atoms with E-state index in [9.17, 15) is 9.59 Å². The second-order valence-corrected chi connectivity index (χ2v) is 5.46. The lowest BCUT2D eigenvalue weighted by atomic mass is 9.74. The van der Waals surface area contributed by atoms with Gasteiger partial charge in [0.15, 0.2) is 0 Å². The van der Waals surface area contributed by atoms with Gasteiger partial charge in [-0.05, 0) is 18.4 Å². The molecule has 2 atom stereocenters. The average molecular weight is 287 g/mol. The zero-order valence-electron chi connectivity index (χ0n) is 11.6. The molecule has 0 bridgehead atoms. The van der Waals surface area contributed by atoms with Crippen LogP contribution in [0.2, 0.25) is 0 Å². The number of amides is 1. The van der Waals surface area contributed by atoms with Gasteiger partial charge in [-0.3, -0.25) is 0 Å². The van der Waals surface area contributed by atoms with Crippen LogP contribution < -0.4 is 0 Å². The molecule has 21 heavy (non-hydrogen) atoms. The first-order valence-electron chi connectivity index (χ1n) is 7.06. The van der Waals surface area contributed by atoms with Gasteiger partial charge in [-0.1, -0.05) is 35.9 Å². The molecule has 1 aliphatic carbocycles. The summed E-state index contributed by atoms with van der Waals surface area (Å²) in [6, 6.07) is 9.67. The van der Waals surface area contributed by atoms with Gasteiger partial charge < -0.3 is 14.7 Å². The fraction of sp³-hybridized carbons (Fsp3) is 0.375. The molecule has 3 rings (SSSR count). The summed E-state index contributed by atoms with van der Waals surface area (Å²) >= 11 is 0. The van der Waals surface area contributed by atoms with E-state index >= 15 is 0 Å². The Kier molecular flexibility index (Phi) is 3.64. The molecular weight excluding hydrogens is 270 g/mol. The van der Waals surface area contributed by atoms with Crippen molar-refractivity contribution in [1.82, 2.24) is 4.90 Å². The van der Waals surface area contributed by atoms with Crippen LogP contribution >= 0.6 is 0 Å². The fourth-order valence-corrected chi connectivity index (χ4v) is 3.12. The number of carboxylic acids is 1. The number of nitrogens with zero attached hydrogens (tertiary/aromatic N) is 1. The molecule has 0 radical (unpaired) electrons. The van der Waals surface area contributed by atoms with Gasteiger partial charge in [0.1, 0.15) is 6.61 Å². The van der Waals surface area contributed by atoms with Crippen molar-refractivity contribution in [3.8, 4) is 0 Å². The summed E-state index contributed by atoms with van der Waals surface area (Å²) in [5.74, 6) is -0.709. The summed E-state index contributed by atoms with van der Waals surface area (Å²) in [7, 11) is 0. The van der Waals surface area contributed by atoms with Crippen LogP contribution in [-0.4, -0.2) is 34.7 Å². The van der Waals surface area contributed by atoms with E-state index in [4.69, 9.17) is 9.84 Å². The van der Waals surface area contributed by atoms with Crippen LogP contribution in [0, 0.1) is 5.92 Å². The molecule has 5 nitrogen and oxygen atoms in total. The monoisotopic (exact) mass is 287 g/mol. The van der Waals surface area contributed by atoms with E-state index in [-0.39, 0.29) is 24.7 Å². The Labute approximate surface area is 122 Å². The largest absolute Gasteiger partial charge is 0.478 e. The van der Waals surface area contributed by atoms with Crippen LogP contribution in [0.15, 0.2) is 42.0 Å². The smallest absolute Gasteiger partial charge is 0.410 e. The quantitative estimate of drug-likeness (QED) is 0.867. The molecule has 0 spiro atoms. The standard InChI is InChI=1S/C16H17NO4/c18-15(19)9-12-8-14-13(12)6-7-17(14)16(20)21-10-11-4-2-1-3-5-11/h1-5,9,13-14H,6-8,10H2,(H,18,19)/b12-9+. The van der Waals surface area contributed by atoms with Gasteiger partial charge in [0.05, 0.1) is 0 Å². The Hall–Kier alpha value is -2.30. The van der Waals surface area contributed by atoms with Crippen molar-refractivity contribution in [2.45, 2.75) is 25.5 Å². The highest BCUT2D eigenvalue weighted by Gasteiger charge is 2.47. The zero-order chi connectivity index (χ0) is 14.8. The normalized spacial score (nSPS) is 25.3. The number of rotatable bonds is 3. The molecule has 2 unspecified atom stereocenters. The third-order valence-electron chi connectivity index (χ3n) is 4.22. The third-order valence-corrected chi connectivity index (χ3v) is 4.22. The van der Waals surface area contributed by atoms with Crippen molar-refractivity contribution in [2.24, 2.45) is 5.92 Å². The lowest BCUT2D eigenvalue weighted by Gasteiger charge is -2.37. The van der Waals surface area contributed by atoms with Crippen molar-refractivity contribution in [3.05, 3.63) is 47.5 Å². The average Bonchev–Trinajstić information content (AvgIpc) is 2.80. The number of carbonyl (C=O) groups is 2. The zero-order valence-corrected chi connectivity index (χ0v) is 11.6. The first-order valence-corrected chi connectivity index (χ1v) is 7.06. The van der Waals surface area contributed by atoms with Crippen LogP contribution in [0.4, 0.5) is 4.79 Å². The molecule has 1 N–H and O–H groups in total. The van der Waals surface area contributed by atoms with Gasteiger partial charge >= 0.3 is 12.1 Å². The Morgan fingerprint density at radius 3 is 2.81 bits per heavy atom. The number of hydrogen-bond donors (Lipinski definition) is 1. The Morgan fingerprint density at radius 2 is 2.10 bits per heavy atom. The van der Waals surface area contributed by atoms with Gasteiger partial charge in [0, 0.05) is 24.6 Å². The Balaban J connectivity index is 1.55. The Morgan fingerprint density at radius 1 is 1.33 bits per heavy atom. The minimum atomic E-state index is -0.909. The first-order chi connectivity index (χ1) is 10.1. The molecule has 1 heterocycles. The summed E-state index contributed by atoms with van der Waals surface area (Å²) < 4.78 is 5.33. The second kappa shape index (κ2) is 5.60. The summed E-state index contributed by atoms with van der Waals surface area (Å²) in [6.07, 6.45) is 2.45. The van der Waals surface area contributed by atoms with Crippen molar-refractivity contribution < 1.29 is 19.4 Å². The maximum atomic E-state index is 12.1. The SMILES string of the molecule is O=C(O)/C=C1\CC2C1CCN2C(=O)OCc1ccccc1. The molecule has 1 saturated carbocycles. The van der Waals surface area contributed by atoms with E-state index in [1.165, 1.54) is 6.08 Å². The molecule has 110 valence electrons. The summed E-state index contributed by atoms with van der Waals surface area (Å²) in [6.45, 7) is 0.908. The number of ether oxygens (including phenoxy) is 1. The van der Waals surface area contributed by atoms with E-state index < -0.39 is 5.97 Å². The van der Waals surface area contributed by atoms with E-state index in [0.29, 0.717) is 13.0 Å². The van der Waals surface area contributed by atoms with Crippen LogP contribution in [-0.2, 0) is 16.1 Å². The molecule has 1 aliphatic heterocycles. The number of carbonyl (C=O) groups excluding carboxylic acids is 1. The van der Waals surface area contributed by atoms with Crippen LogP contribution in [0.3, 0.4) is 0 Å². The molecule has 1 aromatic carbocycles. The molecule has 2 fully saturated rings. The van der Waals surface area contributed by atoms with Gasteiger partial charge in [0.2, 0.25) is 0 Å². The van der Waals surface area contributed by atoms with Crippen molar-refractivity contribution in [2.75, 3.05) is 6.54 Å². The molecule has 1 aromatic rings. The number of carboxylic acid groups (broad SMARTS) is 1. The summed E-state index contributed by atoms with van der Waals surface area (Å²) in [5.41, 5.74) is 1.90. The predicted octanol–water partition coefficient (Wildman–Crippen LogP) is 2.43. The molecule has 0 aromatic heterocycles. The van der Waals surface area contributed by atoms with Crippen LogP contribution in [0.25, 0.3) is 0 Å². The highest BCUT2D eigenvalue weighted by molar-refractivity contribution is 5.81. The van der Waals surface area contributed by atoms with Crippen LogP contribution in [0.5, 0.6) is 0 Å². The fourth-order valence-electron chi connectivity index (χ4n) is 3.12. The second-order valence-electron chi connectivity index (χ2n) is 5.46. The maximum absolute atomic E-state index is 12.1. The predicted molar refractivity (Wildman–Crippen MR) is 75.6 cm³/mol. The lowest BCUT2D eigenvalue weighted by Crippen LogP contribution is -2.44. The third kappa shape index (κ3) is 2.77. The number of likely N-dealkylation sites (tertiary alicyclic amines) is 1. The van der Waals surface area contributed by atoms with Gasteiger partial charge in [-0.15, -0.1) is 0 Å². The van der Waals surface area contributed by atoms with Crippen LogP contribution in [0.1, 0.15) is 18.4 Å². The molecule has 2 aliphatic rings. The van der Waals surface area contributed by atoms with Crippen molar-refractivity contribution in [3.63, 3.8) is 0 Å². The maximum Gasteiger partial charge on any atom is 0.410 e. The van der Waals surface area contributed by atoms with Crippen molar-refractivity contribution >= 4 is 12.1 Å².